The number of amides is 1. The van der Waals surface area contributed by atoms with Crippen LogP contribution in [0.4, 0.5) is 11.4 Å². The predicted octanol–water partition coefficient (Wildman–Crippen LogP) is 3.61. The first-order chi connectivity index (χ1) is 11.9. The van der Waals surface area contributed by atoms with E-state index in [1.54, 1.807) is 30.3 Å². The number of ether oxygens (including phenoxy) is 1. The van der Waals surface area contributed by atoms with Crippen LogP contribution >= 0.6 is 15.9 Å². The van der Waals surface area contributed by atoms with Crippen molar-refractivity contribution in [3.05, 3.63) is 46.9 Å². The maximum atomic E-state index is 12.7. The first-order valence-electron chi connectivity index (χ1n) is 7.66. The number of rotatable bonds is 6. The van der Waals surface area contributed by atoms with E-state index in [0.29, 0.717) is 11.4 Å². The highest BCUT2D eigenvalue weighted by atomic mass is 79.9. The molecule has 0 saturated heterocycles. The molecule has 0 radical (unpaired) electrons. The van der Waals surface area contributed by atoms with E-state index in [9.17, 15) is 13.2 Å². The second kappa shape index (κ2) is 7.05. The largest absolute Gasteiger partial charge is 0.495 e. The van der Waals surface area contributed by atoms with Gasteiger partial charge in [0.1, 0.15) is 10.6 Å². The smallest absolute Gasteiger partial charge is 0.265 e. The highest BCUT2D eigenvalue weighted by Crippen LogP contribution is 2.32. The topological polar surface area (TPSA) is 84.5 Å². The number of hydrogen-bond acceptors (Lipinski definition) is 4. The third-order valence-electron chi connectivity index (χ3n) is 3.77. The molecule has 0 aliphatic heterocycles. The zero-order valence-electron chi connectivity index (χ0n) is 13.5. The Hall–Kier alpha value is -2.06. The van der Waals surface area contributed by atoms with E-state index in [1.807, 2.05) is 0 Å². The molecule has 1 amide bonds. The summed E-state index contributed by atoms with van der Waals surface area (Å²) in [6, 6.07) is 11.3. The summed E-state index contributed by atoms with van der Waals surface area (Å²) in [6.07, 6.45) is 1.75. The number of nitrogens with one attached hydrogen (secondary N) is 2. The molecule has 0 unspecified atom stereocenters. The molecule has 1 aliphatic carbocycles. The van der Waals surface area contributed by atoms with E-state index in [-0.39, 0.29) is 22.5 Å². The average Bonchev–Trinajstić information content (AvgIpc) is 3.42. The Morgan fingerprint density at radius 1 is 1.12 bits per heavy atom. The molecule has 2 aromatic carbocycles. The Bertz CT molecular complexity index is 893. The van der Waals surface area contributed by atoms with Gasteiger partial charge in [-0.1, -0.05) is 15.9 Å². The van der Waals surface area contributed by atoms with Gasteiger partial charge in [-0.15, -0.1) is 0 Å². The average molecular weight is 425 g/mol. The number of anilines is 2. The molecule has 0 heterocycles. The third-order valence-corrected chi connectivity index (χ3v) is 5.70. The Kier molecular flexibility index (Phi) is 5.01. The molecular weight excluding hydrogens is 408 g/mol. The molecule has 0 bridgehead atoms. The van der Waals surface area contributed by atoms with Crippen LogP contribution in [0.25, 0.3) is 0 Å². The number of methoxy groups -OCH3 is 1. The van der Waals surface area contributed by atoms with Crippen LogP contribution < -0.4 is 14.8 Å². The van der Waals surface area contributed by atoms with E-state index in [4.69, 9.17) is 4.74 Å². The van der Waals surface area contributed by atoms with Crippen molar-refractivity contribution in [3.63, 3.8) is 0 Å². The Balaban J connectivity index is 1.89. The number of carbonyl (C=O) groups is 1. The molecule has 1 saturated carbocycles. The minimum atomic E-state index is -3.87. The van der Waals surface area contributed by atoms with Gasteiger partial charge in [-0.2, -0.15) is 0 Å². The highest BCUT2D eigenvalue weighted by Gasteiger charge is 2.30. The van der Waals surface area contributed by atoms with Crippen molar-refractivity contribution in [3.8, 4) is 5.75 Å². The van der Waals surface area contributed by atoms with E-state index in [0.717, 1.165) is 17.3 Å². The quantitative estimate of drug-likeness (QED) is 0.741. The zero-order valence-corrected chi connectivity index (χ0v) is 15.9. The molecule has 1 fully saturated rings. The number of benzene rings is 2. The van der Waals surface area contributed by atoms with Crippen LogP contribution in [0.5, 0.6) is 5.75 Å². The molecule has 1 aliphatic rings. The van der Waals surface area contributed by atoms with Crippen LogP contribution in [0.1, 0.15) is 12.8 Å². The first-order valence-corrected chi connectivity index (χ1v) is 9.94. The maximum absolute atomic E-state index is 12.7. The van der Waals surface area contributed by atoms with Crippen LogP contribution in [0.15, 0.2) is 51.8 Å². The number of halogens is 1. The van der Waals surface area contributed by atoms with Gasteiger partial charge in [-0.3, -0.25) is 9.52 Å². The lowest BCUT2D eigenvalue weighted by Gasteiger charge is -2.13. The van der Waals surface area contributed by atoms with Gasteiger partial charge >= 0.3 is 0 Å². The Morgan fingerprint density at radius 3 is 2.36 bits per heavy atom. The lowest BCUT2D eigenvalue weighted by atomic mass is 10.3. The van der Waals surface area contributed by atoms with Gasteiger partial charge in [0.15, 0.2) is 0 Å². The van der Waals surface area contributed by atoms with E-state index < -0.39 is 10.0 Å². The van der Waals surface area contributed by atoms with Crippen molar-refractivity contribution in [1.82, 2.24) is 0 Å². The SMILES string of the molecule is COc1ccc(NC(=O)C2CC2)cc1S(=O)(=O)Nc1ccc(Br)cc1. The van der Waals surface area contributed by atoms with Gasteiger partial charge in [-0.25, -0.2) is 8.42 Å². The van der Waals surface area contributed by atoms with Crippen molar-refractivity contribution in [2.75, 3.05) is 17.1 Å². The van der Waals surface area contributed by atoms with Crippen LogP contribution in [0.3, 0.4) is 0 Å². The van der Waals surface area contributed by atoms with Gasteiger partial charge in [0.2, 0.25) is 5.91 Å². The van der Waals surface area contributed by atoms with Gasteiger partial charge < -0.3 is 10.1 Å². The lowest BCUT2D eigenvalue weighted by Crippen LogP contribution is -2.16. The fraction of sp³-hybridized carbons (Fsp3) is 0.235. The molecule has 0 atom stereocenters. The molecule has 2 N–H and O–H groups in total. The van der Waals surface area contributed by atoms with Crippen molar-refractivity contribution in [2.45, 2.75) is 17.7 Å². The van der Waals surface area contributed by atoms with Gasteiger partial charge in [0.05, 0.1) is 7.11 Å². The van der Waals surface area contributed by atoms with E-state index in [1.165, 1.54) is 19.2 Å². The minimum Gasteiger partial charge on any atom is -0.495 e. The van der Waals surface area contributed by atoms with Crippen molar-refractivity contribution >= 4 is 43.2 Å². The van der Waals surface area contributed by atoms with Gasteiger partial charge in [-0.05, 0) is 55.3 Å². The maximum Gasteiger partial charge on any atom is 0.265 e. The lowest BCUT2D eigenvalue weighted by molar-refractivity contribution is -0.117. The van der Waals surface area contributed by atoms with Crippen molar-refractivity contribution in [1.29, 1.82) is 0 Å². The van der Waals surface area contributed by atoms with Gasteiger partial charge in [0, 0.05) is 21.8 Å². The van der Waals surface area contributed by atoms with E-state index >= 15 is 0 Å². The van der Waals surface area contributed by atoms with Crippen LogP contribution in [-0.2, 0) is 14.8 Å². The fourth-order valence-electron chi connectivity index (χ4n) is 2.28. The second-order valence-electron chi connectivity index (χ2n) is 5.74. The second-order valence-corrected chi connectivity index (χ2v) is 8.31. The Labute approximate surface area is 154 Å². The molecule has 6 nitrogen and oxygen atoms in total. The summed E-state index contributed by atoms with van der Waals surface area (Å²) in [4.78, 5) is 11.9. The summed E-state index contributed by atoms with van der Waals surface area (Å²) < 4.78 is 34.0. The number of carbonyl (C=O) groups excluding carboxylic acids is 1. The third kappa shape index (κ3) is 4.32. The summed E-state index contributed by atoms with van der Waals surface area (Å²) in [5, 5.41) is 2.75. The first kappa shape index (κ1) is 17.8. The molecule has 8 heteroatoms. The number of sulfonamides is 1. The summed E-state index contributed by atoms with van der Waals surface area (Å²) >= 11 is 3.30. The summed E-state index contributed by atoms with van der Waals surface area (Å²) in [5.41, 5.74) is 0.853. The standard InChI is InChI=1S/C17H17BrN2O4S/c1-24-15-9-8-14(19-17(21)11-2-3-11)10-16(15)25(22,23)20-13-6-4-12(18)5-7-13/h4-11,20H,2-3H2,1H3,(H,19,21). The van der Waals surface area contributed by atoms with Gasteiger partial charge in [0.25, 0.3) is 10.0 Å². The number of hydrogen-bond donors (Lipinski definition) is 2. The summed E-state index contributed by atoms with van der Waals surface area (Å²) in [6.45, 7) is 0. The molecular formula is C17H17BrN2O4S. The van der Waals surface area contributed by atoms with E-state index in [2.05, 4.69) is 26.0 Å². The molecule has 2 aromatic rings. The zero-order chi connectivity index (χ0) is 18.0. The summed E-state index contributed by atoms with van der Waals surface area (Å²) in [5.74, 6) is 0.145. The van der Waals surface area contributed by atoms with Crippen molar-refractivity contribution < 1.29 is 17.9 Å². The molecule has 132 valence electrons. The normalized spacial score (nSPS) is 14.0. The fourth-order valence-corrected chi connectivity index (χ4v) is 3.80. The summed E-state index contributed by atoms with van der Waals surface area (Å²) in [7, 11) is -2.47. The van der Waals surface area contributed by atoms with Crippen LogP contribution in [0, 0.1) is 5.92 Å². The van der Waals surface area contributed by atoms with Crippen LogP contribution in [-0.4, -0.2) is 21.4 Å². The van der Waals surface area contributed by atoms with Crippen LogP contribution in [0.2, 0.25) is 0 Å². The highest BCUT2D eigenvalue weighted by molar-refractivity contribution is 9.10. The van der Waals surface area contributed by atoms with Crippen molar-refractivity contribution in [2.24, 2.45) is 5.92 Å². The molecule has 0 spiro atoms. The molecule has 0 aromatic heterocycles. The monoisotopic (exact) mass is 424 g/mol. The molecule has 25 heavy (non-hydrogen) atoms. The minimum absolute atomic E-state index is 0.0306. The Morgan fingerprint density at radius 2 is 1.76 bits per heavy atom. The predicted molar refractivity (Wildman–Crippen MR) is 99.3 cm³/mol. The molecule has 3 rings (SSSR count).